The molecular formula is C13H23N3O2. The van der Waals surface area contributed by atoms with Gasteiger partial charge in [0, 0.05) is 13.7 Å². The lowest BCUT2D eigenvalue weighted by atomic mass is 9.77. The summed E-state index contributed by atoms with van der Waals surface area (Å²) in [6, 6.07) is -0.297. The zero-order valence-corrected chi connectivity index (χ0v) is 11.7. The molecule has 0 fully saturated rings. The number of allylic oxidation sites excluding steroid dienone is 2. The highest BCUT2D eigenvalue weighted by Gasteiger charge is 2.24. The highest BCUT2D eigenvalue weighted by atomic mass is 16.5. The number of amides is 2. The molecule has 1 rings (SSSR count). The van der Waals surface area contributed by atoms with Gasteiger partial charge in [0.05, 0.1) is 12.3 Å². The van der Waals surface area contributed by atoms with Crippen LogP contribution in [0.5, 0.6) is 0 Å². The Morgan fingerprint density at radius 1 is 1.50 bits per heavy atom. The molecule has 0 radical (unpaired) electrons. The fourth-order valence-electron chi connectivity index (χ4n) is 2.19. The summed E-state index contributed by atoms with van der Waals surface area (Å²) in [7, 11) is 1.59. The lowest BCUT2D eigenvalue weighted by Crippen LogP contribution is -2.35. The van der Waals surface area contributed by atoms with Gasteiger partial charge < -0.3 is 10.1 Å². The van der Waals surface area contributed by atoms with Crippen LogP contribution in [0, 0.1) is 5.41 Å². The zero-order valence-electron chi connectivity index (χ0n) is 11.7. The Kier molecular flexibility index (Phi) is 5.34. The van der Waals surface area contributed by atoms with Gasteiger partial charge in [-0.1, -0.05) is 19.4 Å². The molecule has 102 valence electrons. The maximum absolute atomic E-state index is 11.4. The lowest BCUT2D eigenvalue weighted by Gasteiger charge is -2.29. The van der Waals surface area contributed by atoms with Gasteiger partial charge in [-0.3, -0.25) is 0 Å². The summed E-state index contributed by atoms with van der Waals surface area (Å²) in [6.45, 7) is 7.48. The topological polar surface area (TPSA) is 62.7 Å². The number of ether oxygens (including phenoxy) is 1. The van der Waals surface area contributed by atoms with Crippen LogP contribution in [-0.2, 0) is 4.74 Å². The summed E-state index contributed by atoms with van der Waals surface area (Å²) >= 11 is 0. The third kappa shape index (κ3) is 5.31. The Balaban J connectivity index is 2.47. The largest absolute Gasteiger partial charge is 0.383 e. The van der Waals surface area contributed by atoms with E-state index in [2.05, 4.69) is 36.6 Å². The molecule has 0 heterocycles. The normalized spacial score (nSPS) is 20.4. The van der Waals surface area contributed by atoms with Crippen LogP contribution in [0.2, 0.25) is 0 Å². The Hall–Kier alpha value is -1.36. The third-order valence-electron chi connectivity index (χ3n) is 2.72. The summed E-state index contributed by atoms with van der Waals surface area (Å²) < 4.78 is 4.84. The van der Waals surface area contributed by atoms with E-state index in [9.17, 15) is 4.79 Å². The molecular weight excluding hydrogens is 230 g/mol. The smallest absolute Gasteiger partial charge is 0.335 e. The van der Waals surface area contributed by atoms with Crippen molar-refractivity contribution in [2.75, 3.05) is 20.3 Å². The van der Waals surface area contributed by atoms with Crippen molar-refractivity contribution in [3.63, 3.8) is 0 Å². The Bertz CT molecular complexity index is 359. The van der Waals surface area contributed by atoms with Crippen molar-refractivity contribution >= 4 is 11.7 Å². The first-order valence-corrected chi connectivity index (χ1v) is 6.19. The van der Waals surface area contributed by atoms with Crippen LogP contribution in [0.15, 0.2) is 16.8 Å². The molecule has 2 amide bonds. The van der Waals surface area contributed by atoms with E-state index in [1.807, 2.05) is 6.08 Å². The number of nitrogens with one attached hydrogen (secondary N) is 2. The van der Waals surface area contributed by atoms with Gasteiger partial charge in [-0.2, -0.15) is 5.10 Å². The van der Waals surface area contributed by atoms with Crippen LogP contribution in [0.4, 0.5) is 4.79 Å². The molecule has 5 nitrogen and oxygen atoms in total. The van der Waals surface area contributed by atoms with Crippen molar-refractivity contribution in [3.8, 4) is 0 Å². The van der Waals surface area contributed by atoms with Crippen molar-refractivity contribution in [1.29, 1.82) is 0 Å². The summed E-state index contributed by atoms with van der Waals surface area (Å²) in [5, 5.41) is 6.80. The molecule has 0 aromatic rings. The van der Waals surface area contributed by atoms with Gasteiger partial charge in [-0.15, -0.1) is 0 Å². The van der Waals surface area contributed by atoms with Crippen LogP contribution < -0.4 is 10.7 Å². The molecule has 0 aromatic carbocycles. The molecule has 1 aliphatic rings. The van der Waals surface area contributed by atoms with Gasteiger partial charge in [-0.25, -0.2) is 10.2 Å². The maximum Gasteiger partial charge on any atom is 0.335 e. The van der Waals surface area contributed by atoms with Gasteiger partial charge in [0.1, 0.15) is 0 Å². The molecule has 0 bridgehead atoms. The maximum atomic E-state index is 11.4. The number of hydrogen-bond donors (Lipinski definition) is 2. The molecule has 0 saturated carbocycles. The van der Waals surface area contributed by atoms with Gasteiger partial charge in [0.2, 0.25) is 0 Å². The minimum Gasteiger partial charge on any atom is -0.383 e. The first kappa shape index (κ1) is 14.7. The molecule has 0 aromatic heterocycles. The quantitative estimate of drug-likeness (QED) is 0.595. The number of nitrogens with zero attached hydrogens (tertiary/aromatic N) is 1. The molecule has 2 N–H and O–H groups in total. The van der Waals surface area contributed by atoms with Crippen LogP contribution in [-0.4, -0.2) is 32.0 Å². The third-order valence-corrected chi connectivity index (χ3v) is 2.72. The fourth-order valence-corrected chi connectivity index (χ4v) is 2.19. The summed E-state index contributed by atoms with van der Waals surface area (Å²) in [4.78, 5) is 11.4. The number of carbonyl (C=O) groups is 1. The second-order valence-corrected chi connectivity index (χ2v) is 5.47. The summed E-state index contributed by atoms with van der Waals surface area (Å²) in [5.74, 6) is 0. The van der Waals surface area contributed by atoms with Crippen LogP contribution in [0.1, 0.15) is 33.6 Å². The van der Waals surface area contributed by atoms with Gasteiger partial charge >= 0.3 is 6.03 Å². The molecule has 0 aliphatic heterocycles. The molecule has 1 aliphatic carbocycles. The SMILES string of the molecule is COCCNC(=O)NN=C1C=C(C)CC(C)(C)C1. The van der Waals surface area contributed by atoms with E-state index < -0.39 is 0 Å². The predicted molar refractivity (Wildman–Crippen MR) is 72.6 cm³/mol. The number of rotatable bonds is 4. The summed E-state index contributed by atoms with van der Waals surface area (Å²) in [5.41, 5.74) is 4.94. The summed E-state index contributed by atoms with van der Waals surface area (Å²) in [6.07, 6.45) is 4.00. The van der Waals surface area contributed by atoms with Gasteiger partial charge in [0.25, 0.3) is 0 Å². The van der Waals surface area contributed by atoms with Crippen molar-refractivity contribution in [3.05, 3.63) is 11.6 Å². The van der Waals surface area contributed by atoms with E-state index in [4.69, 9.17) is 4.74 Å². The minimum absolute atomic E-state index is 0.214. The highest BCUT2D eigenvalue weighted by Crippen LogP contribution is 2.33. The highest BCUT2D eigenvalue weighted by molar-refractivity contribution is 5.97. The first-order valence-electron chi connectivity index (χ1n) is 6.19. The number of hydrogen-bond acceptors (Lipinski definition) is 3. The Morgan fingerprint density at radius 3 is 2.83 bits per heavy atom. The van der Waals surface area contributed by atoms with Crippen molar-refractivity contribution in [1.82, 2.24) is 10.7 Å². The van der Waals surface area contributed by atoms with E-state index >= 15 is 0 Å². The average molecular weight is 253 g/mol. The Labute approximate surface area is 109 Å². The van der Waals surface area contributed by atoms with Crippen molar-refractivity contribution in [2.45, 2.75) is 33.6 Å². The Morgan fingerprint density at radius 2 is 2.22 bits per heavy atom. The lowest BCUT2D eigenvalue weighted by molar-refractivity contribution is 0.196. The second kappa shape index (κ2) is 6.54. The van der Waals surface area contributed by atoms with Crippen molar-refractivity contribution in [2.24, 2.45) is 10.5 Å². The molecule has 0 atom stereocenters. The van der Waals surface area contributed by atoms with Crippen LogP contribution in [0.3, 0.4) is 0 Å². The average Bonchev–Trinajstić information content (AvgIpc) is 2.24. The number of hydrazone groups is 1. The molecule has 18 heavy (non-hydrogen) atoms. The van der Waals surface area contributed by atoms with E-state index in [0.717, 1.165) is 18.6 Å². The zero-order chi connectivity index (χ0) is 13.6. The van der Waals surface area contributed by atoms with E-state index in [1.165, 1.54) is 5.57 Å². The van der Waals surface area contributed by atoms with E-state index in [0.29, 0.717) is 13.2 Å². The second-order valence-electron chi connectivity index (χ2n) is 5.47. The number of urea groups is 1. The fraction of sp³-hybridized carbons (Fsp3) is 0.692. The first-order chi connectivity index (χ1) is 8.43. The number of methoxy groups -OCH3 is 1. The molecule has 0 saturated heterocycles. The van der Waals surface area contributed by atoms with Gasteiger partial charge in [-0.05, 0) is 31.3 Å². The standard InChI is InChI=1S/C13H23N3O2/c1-10-7-11(9-13(2,3)8-10)15-16-12(17)14-5-6-18-4/h7H,5-6,8-9H2,1-4H3,(H2,14,16,17). The predicted octanol–water partition coefficient (Wildman–Crippen LogP) is 2.05. The van der Waals surface area contributed by atoms with Crippen molar-refractivity contribution < 1.29 is 9.53 Å². The monoisotopic (exact) mass is 253 g/mol. The molecule has 0 unspecified atom stereocenters. The van der Waals surface area contributed by atoms with Crippen LogP contribution >= 0.6 is 0 Å². The molecule has 0 spiro atoms. The number of carbonyl (C=O) groups excluding carboxylic acids is 1. The van der Waals surface area contributed by atoms with Gasteiger partial charge in [0.15, 0.2) is 0 Å². The van der Waals surface area contributed by atoms with Crippen LogP contribution in [0.25, 0.3) is 0 Å². The van der Waals surface area contributed by atoms with E-state index in [-0.39, 0.29) is 11.4 Å². The molecule has 5 heteroatoms. The van der Waals surface area contributed by atoms with E-state index in [1.54, 1.807) is 7.11 Å². The minimum atomic E-state index is -0.297.